The Hall–Kier alpha value is -3.75. The Labute approximate surface area is 174 Å². The van der Waals surface area contributed by atoms with Gasteiger partial charge in [0, 0.05) is 31.7 Å². The van der Waals surface area contributed by atoms with Crippen LogP contribution in [0.5, 0.6) is 0 Å². The van der Waals surface area contributed by atoms with Gasteiger partial charge in [-0.05, 0) is 41.6 Å². The maximum Gasteiger partial charge on any atom is 0.251 e. The Morgan fingerprint density at radius 2 is 1.57 bits per heavy atom. The molecule has 0 aliphatic carbocycles. The Kier molecular flexibility index (Phi) is 5.69. The van der Waals surface area contributed by atoms with Crippen LogP contribution in [0.4, 0.5) is 5.95 Å². The van der Waals surface area contributed by atoms with Crippen LogP contribution in [-0.4, -0.2) is 69.1 Å². The largest absolute Gasteiger partial charge is 0.341 e. The van der Waals surface area contributed by atoms with Gasteiger partial charge < -0.3 is 15.1 Å². The molecule has 1 aromatic heterocycles. The summed E-state index contributed by atoms with van der Waals surface area (Å²) < 4.78 is 1.69. The molecule has 154 valence electrons. The summed E-state index contributed by atoms with van der Waals surface area (Å²) in [5.74, 6) is 0.303. The van der Waals surface area contributed by atoms with Crippen molar-refractivity contribution in [3.05, 3.63) is 66.2 Å². The molecule has 2 heterocycles. The number of para-hydroxylation sites is 1. The van der Waals surface area contributed by atoms with Crippen molar-refractivity contribution in [1.29, 1.82) is 0 Å². The Balaban J connectivity index is 1.35. The standard InChI is InChI=1S/C21H23N7O2/c1-16(22-19(29)17-8-4-2-5-9-17)20(30)26-12-14-27(15-13-26)21-23-24-25-28(21)18-10-6-3-7-11-18/h2-11,16H,12-15H2,1H3,(H,22,29). The molecule has 0 saturated carbocycles. The molecular weight excluding hydrogens is 382 g/mol. The lowest BCUT2D eigenvalue weighted by Crippen LogP contribution is -2.54. The molecule has 1 atom stereocenters. The van der Waals surface area contributed by atoms with E-state index in [4.69, 9.17) is 0 Å². The summed E-state index contributed by atoms with van der Waals surface area (Å²) in [6, 6.07) is 18.0. The second kappa shape index (κ2) is 8.73. The summed E-state index contributed by atoms with van der Waals surface area (Å²) in [6.45, 7) is 4.00. The first-order chi connectivity index (χ1) is 14.6. The Morgan fingerprint density at radius 3 is 2.23 bits per heavy atom. The minimum absolute atomic E-state index is 0.0958. The van der Waals surface area contributed by atoms with Crippen LogP contribution in [0.15, 0.2) is 60.7 Å². The van der Waals surface area contributed by atoms with Gasteiger partial charge in [0.1, 0.15) is 6.04 Å². The van der Waals surface area contributed by atoms with Crippen molar-refractivity contribution in [2.24, 2.45) is 0 Å². The molecule has 3 aromatic rings. The van der Waals surface area contributed by atoms with Crippen molar-refractivity contribution in [2.75, 3.05) is 31.1 Å². The first-order valence-electron chi connectivity index (χ1n) is 9.87. The third kappa shape index (κ3) is 4.14. The van der Waals surface area contributed by atoms with Gasteiger partial charge in [0.2, 0.25) is 11.9 Å². The lowest BCUT2D eigenvalue weighted by molar-refractivity contribution is -0.133. The summed E-state index contributed by atoms with van der Waals surface area (Å²) in [4.78, 5) is 28.9. The quantitative estimate of drug-likeness (QED) is 0.684. The number of aromatic nitrogens is 4. The molecule has 1 aliphatic rings. The summed E-state index contributed by atoms with van der Waals surface area (Å²) in [5.41, 5.74) is 1.42. The fourth-order valence-corrected chi connectivity index (χ4v) is 3.45. The van der Waals surface area contributed by atoms with E-state index >= 15 is 0 Å². The number of nitrogens with one attached hydrogen (secondary N) is 1. The molecule has 1 aliphatic heterocycles. The van der Waals surface area contributed by atoms with E-state index in [1.54, 1.807) is 40.8 Å². The van der Waals surface area contributed by atoms with Crippen LogP contribution in [0.25, 0.3) is 5.69 Å². The molecule has 0 spiro atoms. The molecule has 1 saturated heterocycles. The summed E-state index contributed by atoms with van der Waals surface area (Å²) in [5, 5.41) is 14.8. The van der Waals surface area contributed by atoms with Gasteiger partial charge in [-0.25, -0.2) is 0 Å². The van der Waals surface area contributed by atoms with E-state index in [0.29, 0.717) is 37.7 Å². The zero-order valence-electron chi connectivity index (χ0n) is 16.7. The van der Waals surface area contributed by atoms with Crippen LogP contribution in [0, 0.1) is 0 Å². The van der Waals surface area contributed by atoms with Gasteiger partial charge in [-0.1, -0.05) is 41.5 Å². The average Bonchev–Trinajstić information content (AvgIpc) is 3.30. The van der Waals surface area contributed by atoms with Gasteiger partial charge in [-0.15, -0.1) is 0 Å². The maximum absolute atomic E-state index is 12.8. The second-order valence-electron chi connectivity index (χ2n) is 7.10. The minimum atomic E-state index is -0.598. The van der Waals surface area contributed by atoms with E-state index in [9.17, 15) is 9.59 Å². The van der Waals surface area contributed by atoms with Crippen molar-refractivity contribution >= 4 is 17.8 Å². The predicted molar refractivity (Wildman–Crippen MR) is 111 cm³/mol. The third-order valence-corrected chi connectivity index (χ3v) is 5.08. The highest BCUT2D eigenvalue weighted by Gasteiger charge is 2.28. The summed E-state index contributed by atoms with van der Waals surface area (Å²) in [6.07, 6.45) is 0. The number of hydrogen-bond acceptors (Lipinski definition) is 6. The van der Waals surface area contributed by atoms with Crippen LogP contribution in [-0.2, 0) is 4.79 Å². The molecule has 30 heavy (non-hydrogen) atoms. The molecule has 0 radical (unpaired) electrons. The lowest BCUT2D eigenvalue weighted by Gasteiger charge is -2.36. The van der Waals surface area contributed by atoms with Crippen molar-refractivity contribution in [2.45, 2.75) is 13.0 Å². The lowest BCUT2D eigenvalue weighted by atomic mass is 10.2. The number of nitrogens with zero attached hydrogens (tertiary/aromatic N) is 6. The van der Waals surface area contributed by atoms with E-state index in [-0.39, 0.29) is 11.8 Å². The van der Waals surface area contributed by atoms with Crippen molar-refractivity contribution < 1.29 is 9.59 Å². The summed E-state index contributed by atoms with van der Waals surface area (Å²) >= 11 is 0. The molecule has 1 fully saturated rings. The van der Waals surface area contributed by atoms with Crippen LogP contribution in [0.3, 0.4) is 0 Å². The fourth-order valence-electron chi connectivity index (χ4n) is 3.45. The number of carbonyl (C=O) groups is 2. The molecule has 9 nitrogen and oxygen atoms in total. The minimum Gasteiger partial charge on any atom is -0.341 e. The number of tetrazole rings is 1. The average molecular weight is 405 g/mol. The zero-order valence-corrected chi connectivity index (χ0v) is 16.7. The van der Waals surface area contributed by atoms with Gasteiger partial charge in [0.15, 0.2) is 0 Å². The number of anilines is 1. The highest BCUT2D eigenvalue weighted by atomic mass is 16.2. The van der Waals surface area contributed by atoms with Gasteiger partial charge >= 0.3 is 0 Å². The van der Waals surface area contributed by atoms with Gasteiger partial charge in [0.25, 0.3) is 5.91 Å². The Morgan fingerprint density at radius 1 is 0.933 bits per heavy atom. The highest BCUT2D eigenvalue weighted by molar-refractivity contribution is 5.97. The first-order valence-corrected chi connectivity index (χ1v) is 9.87. The second-order valence-corrected chi connectivity index (χ2v) is 7.10. The number of carbonyl (C=O) groups excluding carboxylic acids is 2. The van der Waals surface area contributed by atoms with Crippen molar-refractivity contribution in [3.8, 4) is 5.69 Å². The third-order valence-electron chi connectivity index (χ3n) is 5.08. The number of rotatable bonds is 5. The van der Waals surface area contributed by atoms with Crippen LogP contribution in [0.2, 0.25) is 0 Å². The van der Waals surface area contributed by atoms with Crippen LogP contribution in [0.1, 0.15) is 17.3 Å². The normalized spacial score (nSPS) is 15.0. The molecule has 2 aromatic carbocycles. The molecule has 1 N–H and O–H groups in total. The Bertz CT molecular complexity index is 998. The maximum atomic E-state index is 12.8. The van der Waals surface area contributed by atoms with Gasteiger partial charge in [-0.2, -0.15) is 4.68 Å². The smallest absolute Gasteiger partial charge is 0.251 e. The van der Waals surface area contributed by atoms with Gasteiger partial charge in [0.05, 0.1) is 5.69 Å². The molecule has 2 amide bonds. The SMILES string of the molecule is CC(NC(=O)c1ccccc1)C(=O)N1CCN(c2nnnn2-c2ccccc2)CC1. The topological polar surface area (TPSA) is 96.2 Å². The number of amides is 2. The molecule has 1 unspecified atom stereocenters. The van der Waals surface area contributed by atoms with Crippen LogP contribution >= 0.6 is 0 Å². The molecule has 4 rings (SSSR count). The highest BCUT2D eigenvalue weighted by Crippen LogP contribution is 2.17. The predicted octanol–water partition coefficient (Wildman–Crippen LogP) is 1.13. The van der Waals surface area contributed by atoms with E-state index < -0.39 is 6.04 Å². The fraction of sp³-hybridized carbons (Fsp3) is 0.286. The summed E-state index contributed by atoms with van der Waals surface area (Å²) in [7, 11) is 0. The molecule has 0 bridgehead atoms. The number of benzene rings is 2. The van der Waals surface area contributed by atoms with E-state index in [1.165, 1.54) is 0 Å². The first kappa shape index (κ1) is 19.6. The van der Waals surface area contributed by atoms with Crippen LogP contribution < -0.4 is 10.2 Å². The van der Waals surface area contributed by atoms with Crippen molar-refractivity contribution in [1.82, 2.24) is 30.4 Å². The van der Waals surface area contributed by atoms with Gasteiger partial charge in [-0.3, -0.25) is 9.59 Å². The van der Waals surface area contributed by atoms with E-state index in [2.05, 4.69) is 25.7 Å². The monoisotopic (exact) mass is 405 g/mol. The number of piperazine rings is 1. The molecular formula is C21H23N7O2. The van der Waals surface area contributed by atoms with E-state index in [1.807, 2.05) is 36.4 Å². The zero-order chi connectivity index (χ0) is 20.9. The molecule has 9 heteroatoms. The number of hydrogen-bond donors (Lipinski definition) is 1. The van der Waals surface area contributed by atoms with E-state index in [0.717, 1.165) is 5.69 Å². The van der Waals surface area contributed by atoms with Crippen molar-refractivity contribution in [3.63, 3.8) is 0 Å².